The summed E-state index contributed by atoms with van der Waals surface area (Å²) in [7, 11) is 0. The van der Waals surface area contributed by atoms with Crippen molar-refractivity contribution in [2.45, 2.75) is 109 Å². The lowest BCUT2D eigenvalue weighted by atomic mass is 10.0. The second-order valence-corrected chi connectivity index (χ2v) is 9.22. The average molecular weight is 476 g/mol. The first-order valence-electron chi connectivity index (χ1n) is 13.1. The van der Waals surface area contributed by atoms with Gasteiger partial charge in [0.1, 0.15) is 11.4 Å². The Kier molecular flexibility index (Phi) is 13.5. The Hall–Kier alpha value is -2.21. The first-order valence-corrected chi connectivity index (χ1v) is 13.1. The first-order chi connectivity index (χ1) is 16.6. The number of hydrogen-bond donors (Lipinski definition) is 2. The highest BCUT2D eigenvalue weighted by molar-refractivity contribution is 6.21. The van der Waals surface area contributed by atoms with Crippen LogP contribution in [0.1, 0.15) is 102 Å². The second-order valence-electron chi connectivity index (χ2n) is 9.22. The topological polar surface area (TPSA) is 79.1 Å². The first kappa shape index (κ1) is 28.0. The third kappa shape index (κ3) is 9.96. The summed E-state index contributed by atoms with van der Waals surface area (Å²) in [6, 6.07) is 6.05. The highest BCUT2D eigenvalue weighted by atomic mass is 19.1. The molecule has 1 heterocycles. The maximum absolute atomic E-state index is 13.2. The monoisotopic (exact) mass is 475 g/mol. The van der Waals surface area contributed by atoms with E-state index in [0.717, 1.165) is 24.8 Å². The molecule has 0 saturated carbocycles. The number of esters is 1. The molecule has 0 radical (unpaired) electrons. The van der Waals surface area contributed by atoms with E-state index in [1.165, 1.54) is 76.3 Å². The molecule has 1 aromatic carbocycles. The van der Waals surface area contributed by atoms with Crippen molar-refractivity contribution in [2.75, 3.05) is 6.61 Å². The van der Waals surface area contributed by atoms with Crippen LogP contribution in [-0.2, 0) is 16.1 Å². The molecule has 0 bridgehead atoms. The molecule has 0 fully saturated rings. The van der Waals surface area contributed by atoms with E-state index in [4.69, 9.17) is 4.74 Å². The minimum Gasteiger partial charge on any atom is -0.507 e. The molecule has 1 atom stereocenters. The van der Waals surface area contributed by atoms with Gasteiger partial charge in [-0.1, -0.05) is 96.1 Å². The van der Waals surface area contributed by atoms with Crippen LogP contribution < -0.4 is 0 Å². The number of carbonyl (C=O) groups is 1. The zero-order valence-electron chi connectivity index (χ0n) is 20.7. The number of aliphatic hydroxyl groups excluding tert-OH is 2. The van der Waals surface area contributed by atoms with Crippen molar-refractivity contribution in [1.82, 2.24) is 0 Å². The number of unbranched alkanes of at least 4 members (excludes halogenated alkanes) is 12. The molecule has 2 N–H and O–H groups in total. The molecule has 1 aliphatic heterocycles. The third-order valence-electron chi connectivity index (χ3n) is 6.35. The molecule has 1 unspecified atom stereocenters. The molecule has 0 amide bonds. The van der Waals surface area contributed by atoms with Gasteiger partial charge >= 0.3 is 5.97 Å². The summed E-state index contributed by atoms with van der Waals surface area (Å²) < 4.78 is 18.2. The van der Waals surface area contributed by atoms with Crippen LogP contribution in [0.2, 0.25) is 0 Å². The van der Waals surface area contributed by atoms with Crippen molar-refractivity contribution < 1.29 is 24.1 Å². The fraction of sp³-hybridized carbons (Fsp3) is 0.643. The van der Waals surface area contributed by atoms with E-state index in [-0.39, 0.29) is 23.7 Å². The SMILES string of the molecule is CCCCCCCCCCCCCCCC(=NCc1ccc(F)cc1)C1=C(O)C(CO)OC1=O. The highest BCUT2D eigenvalue weighted by Crippen LogP contribution is 2.25. The Labute approximate surface area is 204 Å². The second kappa shape index (κ2) is 16.4. The van der Waals surface area contributed by atoms with Gasteiger partial charge in [-0.2, -0.15) is 0 Å². The van der Waals surface area contributed by atoms with E-state index < -0.39 is 18.7 Å². The summed E-state index contributed by atoms with van der Waals surface area (Å²) in [4.78, 5) is 16.9. The highest BCUT2D eigenvalue weighted by Gasteiger charge is 2.36. The summed E-state index contributed by atoms with van der Waals surface area (Å²) in [6.07, 6.45) is 15.8. The molecular formula is C28H42FNO4. The van der Waals surface area contributed by atoms with Crippen LogP contribution in [0.15, 0.2) is 40.6 Å². The maximum atomic E-state index is 13.2. The maximum Gasteiger partial charge on any atom is 0.344 e. The molecule has 0 aliphatic carbocycles. The molecule has 5 nitrogen and oxygen atoms in total. The predicted octanol–water partition coefficient (Wildman–Crippen LogP) is 6.98. The molecule has 2 rings (SSSR count). The number of aliphatic hydroxyl groups is 2. The van der Waals surface area contributed by atoms with Crippen LogP contribution in [-0.4, -0.2) is 34.6 Å². The fourth-order valence-electron chi connectivity index (χ4n) is 4.27. The number of benzene rings is 1. The van der Waals surface area contributed by atoms with Crippen LogP contribution >= 0.6 is 0 Å². The van der Waals surface area contributed by atoms with Crippen molar-refractivity contribution in [3.63, 3.8) is 0 Å². The van der Waals surface area contributed by atoms with Crippen molar-refractivity contribution in [1.29, 1.82) is 0 Å². The number of nitrogens with zero attached hydrogens (tertiary/aromatic N) is 1. The van der Waals surface area contributed by atoms with Crippen molar-refractivity contribution >= 4 is 11.7 Å². The van der Waals surface area contributed by atoms with Crippen LogP contribution in [0.25, 0.3) is 0 Å². The lowest BCUT2D eigenvalue weighted by molar-refractivity contribution is -0.141. The Morgan fingerprint density at radius 2 is 1.44 bits per heavy atom. The van der Waals surface area contributed by atoms with E-state index in [9.17, 15) is 19.4 Å². The Morgan fingerprint density at radius 1 is 0.912 bits per heavy atom. The molecule has 34 heavy (non-hydrogen) atoms. The predicted molar refractivity (Wildman–Crippen MR) is 134 cm³/mol. The normalized spacial score (nSPS) is 16.4. The van der Waals surface area contributed by atoms with Crippen LogP contribution in [0.5, 0.6) is 0 Å². The zero-order valence-corrected chi connectivity index (χ0v) is 20.7. The van der Waals surface area contributed by atoms with Crippen LogP contribution in [0, 0.1) is 5.82 Å². The van der Waals surface area contributed by atoms with Gasteiger partial charge in [-0.25, -0.2) is 9.18 Å². The average Bonchev–Trinajstić information content (AvgIpc) is 3.13. The Bertz CT molecular complexity index is 788. The number of ether oxygens (including phenoxy) is 1. The quantitative estimate of drug-likeness (QED) is 0.136. The summed E-state index contributed by atoms with van der Waals surface area (Å²) in [6.45, 7) is 2.06. The molecule has 1 aromatic rings. The third-order valence-corrected chi connectivity index (χ3v) is 6.35. The van der Waals surface area contributed by atoms with Crippen LogP contribution in [0.4, 0.5) is 4.39 Å². The van der Waals surface area contributed by atoms with E-state index >= 15 is 0 Å². The van der Waals surface area contributed by atoms with Gasteiger partial charge in [-0.15, -0.1) is 0 Å². The van der Waals surface area contributed by atoms with Crippen molar-refractivity contribution in [3.05, 3.63) is 47.0 Å². The smallest absolute Gasteiger partial charge is 0.344 e. The number of aliphatic imine (C=N–C) groups is 1. The molecule has 0 aromatic heterocycles. The minimum absolute atomic E-state index is 0.0695. The van der Waals surface area contributed by atoms with Gasteiger partial charge in [0.15, 0.2) is 11.9 Å². The fourth-order valence-corrected chi connectivity index (χ4v) is 4.27. The summed E-state index contributed by atoms with van der Waals surface area (Å²) in [5.74, 6) is -1.21. The molecule has 1 aliphatic rings. The molecule has 0 spiro atoms. The van der Waals surface area contributed by atoms with Crippen molar-refractivity contribution in [2.24, 2.45) is 4.99 Å². The van der Waals surface area contributed by atoms with Gasteiger partial charge < -0.3 is 14.9 Å². The Balaban J connectivity index is 1.76. The molecule has 190 valence electrons. The minimum atomic E-state index is -1.02. The van der Waals surface area contributed by atoms with Crippen molar-refractivity contribution in [3.8, 4) is 0 Å². The van der Waals surface area contributed by atoms with Gasteiger partial charge in [0.2, 0.25) is 0 Å². The summed E-state index contributed by atoms with van der Waals surface area (Å²) in [5.41, 5.74) is 1.38. The zero-order chi connectivity index (χ0) is 24.6. The van der Waals surface area contributed by atoms with E-state index in [2.05, 4.69) is 11.9 Å². The number of rotatable bonds is 18. The summed E-state index contributed by atoms with van der Waals surface area (Å²) in [5, 5.41) is 19.7. The standard InChI is InChI=1S/C28H42FNO4/c1-2-3-4-5-6-7-8-9-10-11-12-13-14-15-24(26-27(32)25(21-31)34-28(26)33)30-20-22-16-18-23(29)19-17-22/h16-19,25,31-32H,2-15,20-21H2,1H3. The van der Waals surface area contributed by atoms with E-state index in [1.54, 1.807) is 12.1 Å². The molecule has 0 saturated heterocycles. The number of halogens is 1. The number of carbonyl (C=O) groups excluding carboxylic acids is 1. The summed E-state index contributed by atoms with van der Waals surface area (Å²) >= 11 is 0. The largest absolute Gasteiger partial charge is 0.507 e. The van der Waals surface area contributed by atoms with Gasteiger partial charge in [-0.05, 0) is 30.5 Å². The van der Waals surface area contributed by atoms with Gasteiger partial charge in [0.05, 0.1) is 18.9 Å². The lowest BCUT2D eigenvalue weighted by Gasteiger charge is -2.08. The van der Waals surface area contributed by atoms with E-state index in [1.807, 2.05) is 0 Å². The van der Waals surface area contributed by atoms with Gasteiger partial charge in [0.25, 0.3) is 0 Å². The molecule has 6 heteroatoms. The Morgan fingerprint density at radius 3 is 1.94 bits per heavy atom. The number of cyclic esters (lactones) is 1. The van der Waals surface area contributed by atoms with E-state index in [0.29, 0.717) is 12.1 Å². The lowest BCUT2D eigenvalue weighted by Crippen LogP contribution is -2.15. The number of hydrogen-bond acceptors (Lipinski definition) is 5. The van der Waals surface area contributed by atoms with Gasteiger partial charge in [-0.3, -0.25) is 4.99 Å². The van der Waals surface area contributed by atoms with Crippen LogP contribution in [0.3, 0.4) is 0 Å². The van der Waals surface area contributed by atoms with Gasteiger partial charge in [0, 0.05) is 0 Å². The molecular weight excluding hydrogens is 433 g/mol.